The summed E-state index contributed by atoms with van der Waals surface area (Å²) in [6.07, 6.45) is 10.5. The summed E-state index contributed by atoms with van der Waals surface area (Å²) in [7, 11) is 0. The van der Waals surface area contributed by atoms with Crippen molar-refractivity contribution in [2.75, 3.05) is 18.0 Å². The lowest BCUT2D eigenvalue weighted by atomic mass is 9.89. The second-order valence-corrected chi connectivity index (χ2v) is 10.7. The molecule has 1 saturated heterocycles. The van der Waals surface area contributed by atoms with E-state index in [0.717, 1.165) is 55.6 Å². The van der Waals surface area contributed by atoms with Crippen LogP contribution < -0.4 is 10.2 Å². The van der Waals surface area contributed by atoms with Crippen molar-refractivity contribution in [3.63, 3.8) is 0 Å². The number of hydrogen-bond acceptors (Lipinski definition) is 3. The van der Waals surface area contributed by atoms with Crippen LogP contribution in [-0.4, -0.2) is 23.9 Å². The van der Waals surface area contributed by atoms with Crippen molar-refractivity contribution in [1.82, 2.24) is 10.2 Å². The molecule has 4 nitrogen and oxygen atoms in total. The number of nitrogens with one attached hydrogen (secondary N) is 1. The Morgan fingerprint density at radius 3 is 2.45 bits per heavy atom. The molecule has 5 heteroatoms. The number of halogens is 1. The van der Waals surface area contributed by atoms with Crippen LogP contribution in [0.1, 0.15) is 62.1 Å². The molecule has 1 N–H and O–H groups in total. The quantitative estimate of drug-likeness (QED) is 0.443. The second-order valence-electron chi connectivity index (χ2n) is 10.7. The van der Waals surface area contributed by atoms with Crippen molar-refractivity contribution < 1.29 is 9.18 Å². The zero-order valence-corrected chi connectivity index (χ0v) is 22.7. The number of carbonyl (C=O) groups excluding carboxylic acids is 1. The van der Waals surface area contributed by atoms with Gasteiger partial charge in [0.1, 0.15) is 11.5 Å². The van der Waals surface area contributed by atoms with Crippen LogP contribution in [0.2, 0.25) is 0 Å². The smallest absolute Gasteiger partial charge is 0.268 e. The first-order valence-electron chi connectivity index (χ1n) is 13.9. The van der Waals surface area contributed by atoms with Crippen LogP contribution in [0.4, 0.5) is 10.1 Å². The first-order chi connectivity index (χ1) is 18.4. The number of benzene rings is 2. The lowest BCUT2D eigenvalue weighted by molar-refractivity contribution is -0.118. The fraction of sp³-hybridized carbons (Fsp3) is 0.364. The monoisotopic (exact) mass is 511 g/mol. The zero-order chi connectivity index (χ0) is 26.6. The van der Waals surface area contributed by atoms with Gasteiger partial charge < -0.3 is 15.1 Å². The number of allylic oxidation sites excluding steroid dienone is 5. The van der Waals surface area contributed by atoms with E-state index < -0.39 is 0 Å². The van der Waals surface area contributed by atoms with E-state index in [1.807, 2.05) is 11.0 Å². The molecule has 1 unspecified atom stereocenters. The number of fused-ring (bicyclic) bond motifs is 1. The Kier molecular flexibility index (Phi) is 7.82. The fourth-order valence-electron chi connectivity index (χ4n) is 5.85. The molecule has 1 atom stereocenters. The Balaban J connectivity index is 1.21. The van der Waals surface area contributed by atoms with Crippen LogP contribution in [0.3, 0.4) is 0 Å². The zero-order valence-electron chi connectivity index (χ0n) is 22.7. The van der Waals surface area contributed by atoms with Gasteiger partial charge in [-0.1, -0.05) is 61.9 Å². The Bertz CT molecular complexity index is 1280. The van der Waals surface area contributed by atoms with Crippen molar-refractivity contribution in [2.24, 2.45) is 5.92 Å². The van der Waals surface area contributed by atoms with Gasteiger partial charge >= 0.3 is 0 Å². The van der Waals surface area contributed by atoms with Crippen molar-refractivity contribution >= 4 is 11.6 Å². The van der Waals surface area contributed by atoms with E-state index >= 15 is 0 Å². The summed E-state index contributed by atoms with van der Waals surface area (Å²) in [5, 5.41) is 3.12. The van der Waals surface area contributed by atoms with Crippen LogP contribution in [-0.2, 0) is 11.3 Å². The molecule has 38 heavy (non-hydrogen) atoms. The number of carbonyl (C=O) groups is 1. The number of aryl methyl sites for hydroxylation is 1. The van der Waals surface area contributed by atoms with Crippen LogP contribution in [0.5, 0.6) is 0 Å². The third-order valence-electron chi connectivity index (χ3n) is 8.16. The van der Waals surface area contributed by atoms with E-state index in [2.05, 4.69) is 79.5 Å². The number of anilines is 1. The van der Waals surface area contributed by atoms with Crippen LogP contribution >= 0.6 is 0 Å². The largest absolute Gasteiger partial charge is 0.371 e. The summed E-state index contributed by atoms with van der Waals surface area (Å²) >= 11 is 0. The molecule has 1 amide bonds. The van der Waals surface area contributed by atoms with Crippen LogP contribution in [0.15, 0.2) is 95.8 Å². The second kappa shape index (κ2) is 11.4. The number of rotatable bonds is 6. The van der Waals surface area contributed by atoms with Gasteiger partial charge in [0.25, 0.3) is 5.91 Å². The normalized spacial score (nSPS) is 20.1. The van der Waals surface area contributed by atoms with Gasteiger partial charge in [-0.05, 0) is 85.4 Å². The molecular weight excluding hydrogens is 473 g/mol. The maximum Gasteiger partial charge on any atom is 0.268 e. The molecule has 0 aromatic heterocycles. The molecule has 5 rings (SSSR count). The summed E-state index contributed by atoms with van der Waals surface area (Å²) in [4.78, 5) is 17.8. The summed E-state index contributed by atoms with van der Waals surface area (Å²) < 4.78 is 13.9. The highest BCUT2D eigenvalue weighted by atomic mass is 19.1. The highest BCUT2D eigenvalue weighted by Gasteiger charge is 2.28. The van der Waals surface area contributed by atoms with E-state index in [4.69, 9.17) is 0 Å². The van der Waals surface area contributed by atoms with E-state index in [1.54, 1.807) is 6.20 Å². The van der Waals surface area contributed by atoms with Crippen LogP contribution in [0, 0.1) is 12.8 Å². The van der Waals surface area contributed by atoms with Crippen molar-refractivity contribution in [1.29, 1.82) is 0 Å². The van der Waals surface area contributed by atoms with Gasteiger partial charge in [0.2, 0.25) is 0 Å². The molecule has 1 fully saturated rings. The summed E-state index contributed by atoms with van der Waals surface area (Å²) in [5.41, 5.74) is 7.50. The number of nitrogens with zero attached hydrogens (tertiary/aromatic N) is 2. The molecule has 2 aromatic carbocycles. The highest BCUT2D eigenvalue weighted by molar-refractivity contribution is 5.94. The number of piperidine rings is 1. The first-order valence-corrected chi connectivity index (χ1v) is 13.9. The minimum Gasteiger partial charge on any atom is -0.371 e. The van der Waals surface area contributed by atoms with Gasteiger partial charge in [-0.3, -0.25) is 4.79 Å². The lowest BCUT2D eigenvalue weighted by Gasteiger charge is -2.34. The Labute approximate surface area is 226 Å². The predicted octanol–water partition coefficient (Wildman–Crippen LogP) is 7.27. The number of amides is 1. The molecule has 0 bridgehead atoms. The van der Waals surface area contributed by atoms with Gasteiger partial charge in [-0.2, -0.15) is 0 Å². The minimum atomic E-state index is -0.292. The highest BCUT2D eigenvalue weighted by Crippen LogP contribution is 2.34. The molecule has 0 radical (unpaired) electrons. The maximum atomic E-state index is 13.9. The average molecular weight is 512 g/mol. The third kappa shape index (κ3) is 5.62. The third-order valence-corrected chi connectivity index (χ3v) is 8.16. The minimum absolute atomic E-state index is 0.121. The molecule has 3 aliphatic heterocycles. The van der Waals surface area contributed by atoms with Gasteiger partial charge in [-0.25, -0.2) is 4.39 Å². The average Bonchev–Trinajstić information content (AvgIpc) is 3.08. The molecular formula is C33H38FN3O. The lowest BCUT2D eigenvalue weighted by Crippen LogP contribution is -2.34. The van der Waals surface area contributed by atoms with Gasteiger partial charge in [0.05, 0.1) is 0 Å². The SMILES string of the molecule is CCC1=C(C(=O)NCc2ccc(N3CCC(c4ccc(C)cc4)CC3)cc2)N2C=CC(F)=CC2=CCC1C. The van der Waals surface area contributed by atoms with E-state index in [1.165, 1.54) is 29.0 Å². The number of hydrogen-bond donors (Lipinski definition) is 1. The van der Waals surface area contributed by atoms with Gasteiger partial charge in [0.15, 0.2) is 0 Å². The Hall–Kier alpha value is -3.60. The molecule has 0 saturated carbocycles. The maximum absolute atomic E-state index is 13.9. The molecule has 3 aliphatic rings. The molecule has 3 heterocycles. The van der Waals surface area contributed by atoms with Crippen molar-refractivity contribution in [2.45, 2.75) is 58.9 Å². The van der Waals surface area contributed by atoms with E-state index in [-0.39, 0.29) is 17.7 Å². The summed E-state index contributed by atoms with van der Waals surface area (Å²) in [6, 6.07) is 17.5. The van der Waals surface area contributed by atoms with E-state index in [9.17, 15) is 9.18 Å². The van der Waals surface area contributed by atoms with Crippen LogP contribution in [0.25, 0.3) is 0 Å². The molecule has 0 spiro atoms. The van der Waals surface area contributed by atoms with Gasteiger partial charge in [0, 0.05) is 37.2 Å². The first kappa shape index (κ1) is 26.0. The predicted molar refractivity (Wildman–Crippen MR) is 153 cm³/mol. The Morgan fingerprint density at radius 1 is 1.05 bits per heavy atom. The topological polar surface area (TPSA) is 35.6 Å². The van der Waals surface area contributed by atoms with E-state index in [0.29, 0.717) is 18.2 Å². The van der Waals surface area contributed by atoms with Crippen molar-refractivity contribution in [3.05, 3.63) is 112 Å². The van der Waals surface area contributed by atoms with Gasteiger partial charge in [-0.15, -0.1) is 0 Å². The van der Waals surface area contributed by atoms with Crippen molar-refractivity contribution in [3.8, 4) is 0 Å². The fourth-order valence-corrected chi connectivity index (χ4v) is 5.85. The molecule has 198 valence electrons. The molecule has 0 aliphatic carbocycles. The summed E-state index contributed by atoms with van der Waals surface area (Å²) in [5.74, 6) is 0.439. The Morgan fingerprint density at radius 2 is 1.76 bits per heavy atom. The standard InChI is InChI=1S/C33H38FN3O/c1-4-31-24(3)7-12-30-21-28(34)17-20-37(30)32(31)33(38)35-22-25-8-13-29(14-9-25)36-18-15-27(16-19-36)26-10-5-23(2)6-11-26/h5-6,8-14,17,20-21,24,27H,4,7,15-16,18-19,22H2,1-3H3,(H,35,38). The molecule has 2 aromatic rings. The summed E-state index contributed by atoms with van der Waals surface area (Å²) in [6.45, 7) is 8.90.